The maximum atomic E-state index is 10.1. The number of aryl methyl sites for hydroxylation is 1. The summed E-state index contributed by atoms with van der Waals surface area (Å²) in [5.41, 5.74) is 3.75. The minimum Gasteiger partial charge on any atom is -0.494 e. The molecule has 0 fully saturated rings. The van der Waals surface area contributed by atoms with Gasteiger partial charge in [0.1, 0.15) is 0 Å². The Kier molecular flexibility index (Phi) is 2.44. The summed E-state index contributed by atoms with van der Waals surface area (Å²) < 4.78 is 0. The third-order valence-corrected chi connectivity index (χ3v) is 3.70. The van der Waals surface area contributed by atoms with Crippen LogP contribution in [0.2, 0.25) is 0 Å². The van der Waals surface area contributed by atoms with E-state index in [-0.39, 0.29) is 5.88 Å². The summed E-state index contributed by atoms with van der Waals surface area (Å²) in [6.07, 6.45) is 3.70. The summed E-state index contributed by atoms with van der Waals surface area (Å²) in [4.78, 5) is 3.00. The zero-order chi connectivity index (χ0) is 14.4. The van der Waals surface area contributed by atoms with Crippen molar-refractivity contribution in [1.82, 2.24) is 4.98 Å². The monoisotopic (exact) mass is 275 g/mol. The van der Waals surface area contributed by atoms with Crippen LogP contribution in [0.5, 0.6) is 5.88 Å². The molecule has 1 aliphatic rings. The van der Waals surface area contributed by atoms with Crippen LogP contribution in [0.25, 0.3) is 23.2 Å². The summed E-state index contributed by atoms with van der Waals surface area (Å²) >= 11 is 0. The smallest absolute Gasteiger partial charge is 0.196 e. The lowest BCUT2D eigenvalue weighted by Gasteiger charge is -1.96. The van der Waals surface area contributed by atoms with Gasteiger partial charge in [0.25, 0.3) is 0 Å². The summed E-state index contributed by atoms with van der Waals surface area (Å²) in [6, 6.07) is 12.0. The van der Waals surface area contributed by atoms with Crippen molar-refractivity contribution in [2.75, 3.05) is 0 Å². The molecule has 2 aromatic carbocycles. The van der Waals surface area contributed by atoms with Gasteiger partial charge in [-0.2, -0.15) is 10.2 Å². The number of H-pyrrole nitrogens is 1. The maximum Gasteiger partial charge on any atom is 0.196 e. The summed E-state index contributed by atoms with van der Waals surface area (Å²) in [5.74, 6) is 0.185. The van der Waals surface area contributed by atoms with Crippen LogP contribution < -0.4 is 10.4 Å². The molecule has 21 heavy (non-hydrogen) atoms. The lowest BCUT2D eigenvalue weighted by atomic mass is 10.1. The minimum atomic E-state index is 0.185. The molecule has 0 unspecified atom stereocenters. The molecule has 0 amide bonds. The van der Waals surface area contributed by atoms with Crippen molar-refractivity contribution in [1.29, 1.82) is 0 Å². The highest BCUT2D eigenvalue weighted by atomic mass is 16.3. The van der Waals surface area contributed by atoms with Gasteiger partial charge in [-0.3, -0.25) is 0 Å². The number of aromatic amines is 1. The molecule has 4 nitrogen and oxygen atoms in total. The molecule has 0 atom stereocenters. The van der Waals surface area contributed by atoms with Crippen LogP contribution in [0.4, 0.5) is 5.69 Å². The van der Waals surface area contributed by atoms with Gasteiger partial charge < -0.3 is 10.1 Å². The van der Waals surface area contributed by atoms with E-state index in [1.807, 2.05) is 43.3 Å². The third-order valence-electron chi connectivity index (χ3n) is 3.70. The Morgan fingerprint density at radius 2 is 2.05 bits per heavy atom. The average molecular weight is 275 g/mol. The molecular formula is C17H13N3O. The zero-order valence-electron chi connectivity index (χ0n) is 11.5. The Bertz CT molecular complexity index is 1010. The molecular weight excluding hydrogens is 262 g/mol. The second-order valence-corrected chi connectivity index (χ2v) is 5.24. The van der Waals surface area contributed by atoms with Gasteiger partial charge in [-0.1, -0.05) is 23.8 Å². The van der Waals surface area contributed by atoms with Crippen molar-refractivity contribution in [3.8, 4) is 5.88 Å². The lowest BCUT2D eigenvalue weighted by Crippen LogP contribution is -2.06. The Hall–Kier alpha value is -2.88. The quantitative estimate of drug-likeness (QED) is 0.705. The Balaban J connectivity index is 1.97. The van der Waals surface area contributed by atoms with Crippen molar-refractivity contribution in [3.05, 3.63) is 58.0 Å². The summed E-state index contributed by atoms with van der Waals surface area (Å²) in [6.45, 7) is 2.04. The zero-order valence-corrected chi connectivity index (χ0v) is 11.5. The minimum absolute atomic E-state index is 0.185. The van der Waals surface area contributed by atoms with Crippen molar-refractivity contribution >= 4 is 28.9 Å². The largest absolute Gasteiger partial charge is 0.494 e. The van der Waals surface area contributed by atoms with Gasteiger partial charge in [0.2, 0.25) is 0 Å². The highest BCUT2D eigenvalue weighted by Gasteiger charge is 2.08. The van der Waals surface area contributed by atoms with Crippen molar-refractivity contribution in [2.45, 2.75) is 6.92 Å². The maximum absolute atomic E-state index is 10.1. The van der Waals surface area contributed by atoms with E-state index in [4.69, 9.17) is 0 Å². The average Bonchev–Trinajstić information content (AvgIpc) is 3.04. The van der Waals surface area contributed by atoms with Crippen LogP contribution in [-0.4, -0.2) is 10.1 Å². The van der Waals surface area contributed by atoms with Crippen LogP contribution in [-0.2, 0) is 0 Å². The number of nitrogens with zero attached hydrogens (tertiary/aromatic N) is 2. The van der Waals surface area contributed by atoms with Crippen molar-refractivity contribution < 1.29 is 5.11 Å². The molecule has 3 aromatic rings. The van der Waals surface area contributed by atoms with Crippen molar-refractivity contribution in [2.24, 2.45) is 10.2 Å². The molecule has 0 aliphatic carbocycles. The van der Waals surface area contributed by atoms with Crippen molar-refractivity contribution in [3.63, 3.8) is 0 Å². The van der Waals surface area contributed by atoms with Crippen LogP contribution >= 0.6 is 0 Å². The first-order chi connectivity index (χ1) is 10.2. The number of aromatic nitrogens is 1. The van der Waals surface area contributed by atoms with E-state index in [9.17, 15) is 5.11 Å². The highest BCUT2D eigenvalue weighted by Crippen LogP contribution is 2.28. The highest BCUT2D eigenvalue weighted by molar-refractivity contribution is 5.92. The standard InChI is InChI=1S/C17H13N3O/c1-10-2-5-15-13(6-10)14(17(21)19-15)7-11-3-4-12-9-18-20-16(12)8-11/h2-9,19,21H,1H3. The molecule has 4 rings (SSSR count). The molecule has 1 aromatic heterocycles. The second-order valence-electron chi connectivity index (χ2n) is 5.24. The van der Waals surface area contributed by atoms with E-state index in [1.165, 1.54) is 0 Å². The number of rotatable bonds is 1. The van der Waals surface area contributed by atoms with Gasteiger partial charge in [-0.05, 0) is 36.4 Å². The number of nitrogens with one attached hydrogen (secondary N) is 1. The third kappa shape index (κ3) is 1.92. The topological polar surface area (TPSA) is 60.7 Å². The molecule has 0 spiro atoms. The Labute approximate surface area is 120 Å². The first-order valence-corrected chi connectivity index (χ1v) is 6.75. The van der Waals surface area contributed by atoms with E-state index < -0.39 is 0 Å². The number of hydrogen-bond donors (Lipinski definition) is 2. The number of hydrogen-bond acceptors (Lipinski definition) is 3. The fraction of sp³-hybridized carbons (Fsp3) is 0.0588. The first kappa shape index (κ1) is 11.9. The fourth-order valence-corrected chi connectivity index (χ4v) is 2.62. The van der Waals surface area contributed by atoms with Gasteiger partial charge in [-0.15, -0.1) is 0 Å². The second kappa shape index (κ2) is 4.31. The summed E-state index contributed by atoms with van der Waals surface area (Å²) in [7, 11) is 0. The van der Waals surface area contributed by atoms with Crippen LogP contribution in [0.15, 0.2) is 46.6 Å². The van der Waals surface area contributed by atoms with Crippen LogP contribution in [0.1, 0.15) is 11.1 Å². The van der Waals surface area contributed by atoms with Gasteiger partial charge >= 0.3 is 0 Å². The predicted octanol–water partition coefficient (Wildman–Crippen LogP) is 2.85. The van der Waals surface area contributed by atoms with E-state index >= 15 is 0 Å². The molecule has 0 saturated carbocycles. The van der Waals surface area contributed by atoms with E-state index in [0.29, 0.717) is 0 Å². The fourth-order valence-electron chi connectivity index (χ4n) is 2.62. The molecule has 1 aliphatic heterocycles. The summed E-state index contributed by atoms with van der Waals surface area (Å²) in [5, 5.41) is 21.1. The molecule has 2 N–H and O–H groups in total. The molecule has 102 valence electrons. The van der Waals surface area contributed by atoms with Gasteiger partial charge in [0, 0.05) is 21.7 Å². The number of fused-ring (bicyclic) bond motifs is 2. The van der Waals surface area contributed by atoms with Gasteiger partial charge in [-0.25, -0.2) is 0 Å². The van der Waals surface area contributed by atoms with Crippen LogP contribution in [0.3, 0.4) is 0 Å². The Morgan fingerprint density at radius 1 is 1.14 bits per heavy atom. The van der Waals surface area contributed by atoms with Gasteiger partial charge in [0.05, 0.1) is 11.9 Å². The SMILES string of the molecule is Cc1ccc2[nH]c(O)c(C=c3ccc4c(c3)N=NC=4)c2c1. The number of benzene rings is 2. The molecule has 0 radical (unpaired) electrons. The molecule has 2 heterocycles. The van der Waals surface area contributed by atoms with E-state index in [0.717, 1.165) is 38.2 Å². The predicted molar refractivity (Wildman–Crippen MR) is 82.9 cm³/mol. The molecule has 0 saturated heterocycles. The lowest BCUT2D eigenvalue weighted by molar-refractivity contribution is 0.457. The van der Waals surface area contributed by atoms with Gasteiger partial charge in [0.15, 0.2) is 5.88 Å². The van der Waals surface area contributed by atoms with E-state index in [2.05, 4.69) is 21.3 Å². The van der Waals surface area contributed by atoms with E-state index in [1.54, 1.807) is 6.20 Å². The number of azo groups is 1. The number of aromatic hydroxyl groups is 1. The first-order valence-electron chi connectivity index (χ1n) is 6.75. The molecule has 4 heteroatoms. The Morgan fingerprint density at radius 3 is 2.95 bits per heavy atom. The van der Waals surface area contributed by atoms with Crippen LogP contribution in [0, 0.1) is 6.92 Å². The molecule has 0 bridgehead atoms. The normalized spacial score (nSPS) is 13.7.